The highest BCUT2D eigenvalue weighted by atomic mass is 32.1. The number of carbonyl (C=O) groups is 1. The molecule has 0 aliphatic rings. The van der Waals surface area contributed by atoms with Crippen LogP contribution in [-0.4, -0.2) is 37.2 Å². The number of hydrogen-bond acceptors (Lipinski definition) is 5. The molecule has 1 aromatic heterocycles. The average molecular weight is 229 g/mol. The maximum absolute atomic E-state index is 11.4. The van der Waals surface area contributed by atoms with Gasteiger partial charge >= 0.3 is 0 Å². The number of ether oxygens (including phenoxy) is 1. The van der Waals surface area contributed by atoms with Gasteiger partial charge in [0.2, 0.25) is 5.91 Å². The molecule has 6 heteroatoms. The van der Waals surface area contributed by atoms with E-state index in [9.17, 15) is 4.79 Å². The summed E-state index contributed by atoms with van der Waals surface area (Å²) in [6.07, 6.45) is 1.94. The smallest absolute Gasteiger partial charge is 0.250 e. The van der Waals surface area contributed by atoms with Crippen LogP contribution in [0.5, 0.6) is 0 Å². The Morgan fingerprint density at radius 1 is 1.80 bits per heavy atom. The van der Waals surface area contributed by atoms with E-state index in [0.717, 1.165) is 11.4 Å². The van der Waals surface area contributed by atoms with Gasteiger partial charge in [-0.15, -0.1) is 11.3 Å². The monoisotopic (exact) mass is 229 g/mol. The molecule has 1 atom stereocenters. The lowest BCUT2D eigenvalue weighted by atomic mass is 10.3. The Kier molecular flexibility index (Phi) is 5.23. The minimum absolute atomic E-state index is 0.170. The van der Waals surface area contributed by atoms with Crippen LogP contribution in [0, 0.1) is 0 Å². The van der Waals surface area contributed by atoms with Crippen molar-refractivity contribution in [2.45, 2.75) is 12.5 Å². The van der Waals surface area contributed by atoms with Gasteiger partial charge in [-0.2, -0.15) is 0 Å². The van der Waals surface area contributed by atoms with Crippen LogP contribution in [0.4, 0.5) is 0 Å². The third-order valence-electron chi connectivity index (χ3n) is 1.91. The maximum atomic E-state index is 11.4. The number of amides is 1. The summed E-state index contributed by atoms with van der Waals surface area (Å²) in [6.45, 7) is 0.756. The molecule has 0 spiro atoms. The molecule has 0 radical (unpaired) electrons. The fraction of sp³-hybridized carbons (Fsp3) is 0.556. The van der Waals surface area contributed by atoms with E-state index >= 15 is 0 Å². The normalized spacial score (nSPS) is 12.4. The van der Waals surface area contributed by atoms with Gasteiger partial charge in [0, 0.05) is 38.2 Å². The number of aromatic nitrogens is 1. The summed E-state index contributed by atoms with van der Waals surface area (Å²) in [5.41, 5.74) is 5.35. The Balaban J connectivity index is 2.22. The highest BCUT2D eigenvalue weighted by molar-refractivity contribution is 7.09. The van der Waals surface area contributed by atoms with Gasteiger partial charge < -0.3 is 15.8 Å². The van der Waals surface area contributed by atoms with E-state index in [1.807, 2.05) is 5.38 Å². The van der Waals surface area contributed by atoms with Crippen molar-refractivity contribution in [1.29, 1.82) is 0 Å². The molecule has 1 aromatic rings. The van der Waals surface area contributed by atoms with E-state index in [4.69, 9.17) is 10.5 Å². The van der Waals surface area contributed by atoms with Crippen LogP contribution in [0.1, 0.15) is 5.01 Å². The largest absolute Gasteiger partial charge is 0.370 e. The summed E-state index contributed by atoms with van der Waals surface area (Å²) in [7, 11) is 1.47. The van der Waals surface area contributed by atoms with Crippen LogP contribution in [0.3, 0.4) is 0 Å². The first kappa shape index (κ1) is 12.1. The van der Waals surface area contributed by atoms with Crippen molar-refractivity contribution in [3.05, 3.63) is 16.6 Å². The minimum atomic E-state index is -0.554. The maximum Gasteiger partial charge on any atom is 0.250 e. The summed E-state index contributed by atoms with van der Waals surface area (Å²) in [5.74, 6) is -0.170. The van der Waals surface area contributed by atoms with Crippen LogP contribution >= 0.6 is 11.3 Å². The summed E-state index contributed by atoms with van der Waals surface area (Å²) >= 11 is 1.58. The molecule has 1 heterocycles. The van der Waals surface area contributed by atoms with Gasteiger partial charge in [-0.1, -0.05) is 0 Å². The molecule has 0 saturated carbocycles. The van der Waals surface area contributed by atoms with Gasteiger partial charge in [-0.05, 0) is 0 Å². The summed E-state index contributed by atoms with van der Waals surface area (Å²) in [5, 5.41) is 5.67. The molecular weight excluding hydrogens is 214 g/mol. The van der Waals surface area contributed by atoms with Crippen LogP contribution in [0.15, 0.2) is 11.6 Å². The lowest BCUT2D eigenvalue weighted by Crippen LogP contribution is -2.41. The lowest BCUT2D eigenvalue weighted by Gasteiger charge is -2.12. The molecule has 0 bridgehead atoms. The fourth-order valence-electron chi connectivity index (χ4n) is 1.09. The average Bonchev–Trinajstić information content (AvgIpc) is 2.72. The van der Waals surface area contributed by atoms with Crippen LogP contribution < -0.4 is 11.1 Å². The lowest BCUT2D eigenvalue weighted by molar-refractivity contribution is -0.130. The van der Waals surface area contributed by atoms with Gasteiger partial charge in [0.25, 0.3) is 0 Å². The summed E-state index contributed by atoms with van der Waals surface area (Å²) < 4.78 is 4.90. The van der Waals surface area contributed by atoms with Crippen LogP contribution in [0.2, 0.25) is 0 Å². The Bertz CT molecular complexity index is 286. The van der Waals surface area contributed by atoms with E-state index in [-0.39, 0.29) is 12.5 Å². The number of nitrogens with zero attached hydrogens (tertiary/aromatic N) is 1. The molecule has 5 nitrogen and oxygen atoms in total. The molecule has 0 aliphatic heterocycles. The highest BCUT2D eigenvalue weighted by Gasteiger charge is 2.14. The van der Waals surface area contributed by atoms with Gasteiger partial charge in [-0.3, -0.25) is 4.79 Å². The number of carbonyl (C=O) groups excluding carboxylic acids is 1. The number of nitrogens with one attached hydrogen (secondary N) is 1. The predicted octanol–water partition coefficient (Wildman–Crippen LogP) is -0.224. The van der Waals surface area contributed by atoms with Crippen molar-refractivity contribution in [2.75, 3.05) is 20.2 Å². The molecule has 15 heavy (non-hydrogen) atoms. The zero-order chi connectivity index (χ0) is 11.1. The topological polar surface area (TPSA) is 77.2 Å². The first-order valence-corrected chi connectivity index (χ1v) is 5.54. The fourth-order valence-corrected chi connectivity index (χ4v) is 1.71. The van der Waals surface area contributed by atoms with E-state index in [1.165, 1.54) is 7.11 Å². The number of methoxy groups -OCH3 is 1. The van der Waals surface area contributed by atoms with Gasteiger partial charge in [0.05, 0.1) is 5.01 Å². The van der Waals surface area contributed by atoms with Crippen molar-refractivity contribution in [3.8, 4) is 0 Å². The van der Waals surface area contributed by atoms with Gasteiger partial charge in [-0.25, -0.2) is 4.98 Å². The van der Waals surface area contributed by atoms with Gasteiger partial charge in [0.1, 0.15) is 6.10 Å². The Hall–Kier alpha value is -0.980. The van der Waals surface area contributed by atoms with Crippen molar-refractivity contribution < 1.29 is 9.53 Å². The highest BCUT2D eigenvalue weighted by Crippen LogP contribution is 2.03. The summed E-state index contributed by atoms with van der Waals surface area (Å²) in [6, 6.07) is 0. The van der Waals surface area contributed by atoms with Crippen molar-refractivity contribution in [1.82, 2.24) is 10.3 Å². The molecule has 84 valence electrons. The third kappa shape index (κ3) is 3.94. The standard InChI is InChI=1S/C9H15N3O2S/c1-14-7(6-10)9(13)12-3-2-8-11-4-5-15-8/h4-5,7H,2-3,6,10H2,1H3,(H,12,13). The predicted molar refractivity (Wildman–Crippen MR) is 58.7 cm³/mol. The van der Waals surface area contributed by atoms with Gasteiger partial charge in [0.15, 0.2) is 0 Å². The molecule has 0 saturated heterocycles. The second-order valence-electron chi connectivity index (χ2n) is 2.93. The Morgan fingerprint density at radius 2 is 2.60 bits per heavy atom. The first-order chi connectivity index (χ1) is 7.27. The first-order valence-electron chi connectivity index (χ1n) is 4.67. The number of nitrogens with two attached hydrogens (primary N) is 1. The summed E-state index contributed by atoms with van der Waals surface area (Å²) in [4.78, 5) is 15.5. The zero-order valence-corrected chi connectivity index (χ0v) is 9.42. The van der Waals surface area contributed by atoms with Crippen LogP contribution in [-0.2, 0) is 16.0 Å². The molecule has 1 unspecified atom stereocenters. The zero-order valence-electron chi connectivity index (χ0n) is 8.60. The van der Waals surface area contributed by atoms with E-state index in [0.29, 0.717) is 6.54 Å². The second-order valence-corrected chi connectivity index (χ2v) is 3.91. The molecule has 0 aromatic carbocycles. The Morgan fingerprint density at radius 3 is 3.13 bits per heavy atom. The molecule has 0 aliphatic carbocycles. The Labute approximate surface area is 92.6 Å². The quantitative estimate of drug-likeness (QED) is 0.706. The molecule has 1 amide bonds. The molecule has 3 N–H and O–H groups in total. The molecule has 0 fully saturated rings. The van der Waals surface area contributed by atoms with Crippen molar-refractivity contribution in [2.24, 2.45) is 5.73 Å². The number of thiazole rings is 1. The number of hydrogen-bond donors (Lipinski definition) is 2. The molecule has 1 rings (SSSR count). The second kappa shape index (κ2) is 6.49. The minimum Gasteiger partial charge on any atom is -0.370 e. The van der Waals surface area contributed by atoms with Crippen LogP contribution in [0.25, 0.3) is 0 Å². The van der Waals surface area contributed by atoms with E-state index in [1.54, 1.807) is 17.5 Å². The SMILES string of the molecule is COC(CN)C(=O)NCCc1nccs1. The van der Waals surface area contributed by atoms with Crippen molar-refractivity contribution in [3.63, 3.8) is 0 Å². The van der Waals surface area contributed by atoms with Crippen molar-refractivity contribution >= 4 is 17.2 Å². The number of rotatable bonds is 6. The van der Waals surface area contributed by atoms with E-state index in [2.05, 4.69) is 10.3 Å². The third-order valence-corrected chi connectivity index (χ3v) is 2.75. The van der Waals surface area contributed by atoms with E-state index < -0.39 is 6.10 Å². The molecular formula is C9H15N3O2S.